The Labute approximate surface area is 81.5 Å². The molecule has 0 aromatic carbocycles. The molecule has 1 heterocycles. The second kappa shape index (κ2) is 5.50. The summed E-state index contributed by atoms with van der Waals surface area (Å²) in [5, 5.41) is 7.58. The number of carbonyl (C=O) groups is 1. The van der Waals surface area contributed by atoms with Gasteiger partial charge >= 0.3 is 5.97 Å². The quantitative estimate of drug-likeness (QED) is 0.655. The molecule has 0 spiro atoms. The van der Waals surface area contributed by atoms with Crippen molar-refractivity contribution in [2.24, 2.45) is 5.73 Å². The van der Waals surface area contributed by atoms with Crippen LogP contribution >= 0.6 is 12.4 Å². The average Bonchev–Trinajstić information content (AvgIpc) is 2.55. The summed E-state index contributed by atoms with van der Waals surface area (Å²) in [7, 11) is 1.29. The Morgan fingerprint density at radius 3 is 2.62 bits per heavy atom. The largest absolute Gasteiger partial charge is 0.468 e. The molecule has 2 N–H and O–H groups in total. The van der Waals surface area contributed by atoms with Crippen molar-refractivity contribution in [3.8, 4) is 0 Å². The van der Waals surface area contributed by atoms with Crippen molar-refractivity contribution in [1.82, 2.24) is 15.0 Å². The van der Waals surface area contributed by atoms with E-state index in [1.807, 2.05) is 0 Å². The van der Waals surface area contributed by atoms with Crippen LogP contribution in [0.5, 0.6) is 0 Å². The zero-order chi connectivity index (χ0) is 8.97. The third kappa shape index (κ3) is 3.39. The molecule has 0 aliphatic heterocycles. The minimum atomic E-state index is -0.706. The van der Waals surface area contributed by atoms with E-state index in [0.29, 0.717) is 0 Å². The highest BCUT2D eigenvalue weighted by Gasteiger charge is 2.14. The summed E-state index contributed by atoms with van der Waals surface area (Å²) in [5.41, 5.74) is 5.44. The highest BCUT2D eigenvalue weighted by atomic mass is 35.5. The predicted octanol–water partition coefficient (Wildman–Crippen LogP) is -0.800. The molecule has 13 heavy (non-hydrogen) atoms. The topological polar surface area (TPSA) is 83.0 Å². The lowest BCUT2D eigenvalue weighted by atomic mass is 10.3. The van der Waals surface area contributed by atoms with Crippen molar-refractivity contribution < 1.29 is 9.53 Å². The fourth-order valence-electron chi connectivity index (χ4n) is 0.739. The summed E-state index contributed by atoms with van der Waals surface area (Å²) in [6.07, 6.45) is 3.04. The number of aromatic nitrogens is 3. The summed E-state index contributed by atoms with van der Waals surface area (Å²) in [6, 6.07) is -0.706. The van der Waals surface area contributed by atoms with Crippen LogP contribution in [0.1, 0.15) is 0 Å². The predicted molar refractivity (Wildman–Crippen MR) is 47.3 cm³/mol. The molecule has 7 heteroatoms. The van der Waals surface area contributed by atoms with Gasteiger partial charge in [0, 0.05) is 0 Å². The number of ether oxygens (including phenoxy) is 1. The first kappa shape index (κ1) is 11.9. The lowest BCUT2D eigenvalue weighted by molar-refractivity contribution is -0.142. The summed E-state index contributed by atoms with van der Waals surface area (Å²) in [6.45, 7) is 0.236. The molecule has 1 rings (SSSR count). The minimum Gasteiger partial charge on any atom is -0.468 e. The molecule has 0 amide bonds. The van der Waals surface area contributed by atoms with Crippen LogP contribution in [-0.2, 0) is 16.1 Å². The molecule has 0 aliphatic carbocycles. The molecule has 1 atom stereocenters. The van der Waals surface area contributed by atoms with E-state index in [9.17, 15) is 4.79 Å². The number of methoxy groups -OCH3 is 1. The van der Waals surface area contributed by atoms with E-state index >= 15 is 0 Å². The van der Waals surface area contributed by atoms with Crippen LogP contribution in [-0.4, -0.2) is 34.1 Å². The Kier molecular flexibility index (Phi) is 5.01. The maximum atomic E-state index is 10.8. The van der Waals surface area contributed by atoms with Crippen molar-refractivity contribution in [3.63, 3.8) is 0 Å². The van der Waals surface area contributed by atoms with E-state index in [1.165, 1.54) is 24.3 Å². The Balaban J connectivity index is 0.00000144. The van der Waals surface area contributed by atoms with Crippen LogP contribution in [0.3, 0.4) is 0 Å². The van der Waals surface area contributed by atoms with Crippen molar-refractivity contribution in [2.45, 2.75) is 12.6 Å². The molecule has 1 unspecified atom stereocenters. The van der Waals surface area contributed by atoms with E-state index < -0.39 is 12.0 Å². The number of esters is 1. The van der Waals surface area contributed by atoms with Gasteiger partial charge in [0.25, 0.3) is 0 Å². The number of rotatable bonds is 3. The molecule has 0 radical (unpaired) electrons. The number of nitrogens with two attached hydrogens (primary N) is 1. The van der Waals surface area contributed by atoms with Gasteiger partial charge in [-0.3, -0.25) is 4.79 Å². The van der Waals surface area contributed by atoms with Gasteiger partial charge in [-0.25, -0.2) is 0 Å². The molecule has 0 bridgehead atoms. The molecule has 0 aliphatic rings. The summed E-state index contributed by atoms with van der Waals surface area (Å²) < 4.78 is 4.43. The Hall–Kier alpha value is -1.14. The van der Waals surface area contributed by atoms with Crippen LogP contribution in [0.2, 0.25) is 0 Å². The molecule has 0 saturated heterocycles. The zero-order valence-corrected chi connectivity index (χ0v) is 7.90. The fourth-order valence-corrected chi connectivity index (χ4v) is 0.739. The highest BCUT2D eigenvalue weighted by molar-refractivity contribution is 5.85. The smallest absolute Gasteiger partial charge is 0.324 e. The first-order valence-electron chi connectivity index (χ1n) is 3.41. The lowest BCUT2D eigenvalue weighted by Gasteiger charge is -2.07. The Morgan fingerprint density at radius 2 is 2.15 bits per heavy atom. The van der Waals surface area contributed by atoms with Gasteiger partial charge in [0.2, 0.25) is 0 Å². The third-order valence-electron chi connectivity index (χ3n) is 1.33. The third-order valence-corrected chi connectivity index (χ3v) is 1.33. The van der Waals surface area contributed by atoms with Crippen LogP contribution in [0.15, 0.2) is 12.4 Å². The molecular formula is C6H11ClN4O2. The SMILES string of the molecule is COC(=O)C(N)Cn1nccn1.Cl. The van der Waals surface area contributed by atoms with Crippen LogP contribution in [0, 0.1) is 0 Å². The van der Waals surface area contributed by atoms with Gasteiger partial charge in [-0.2, -0.15) is 15.0 Å². The van der Waals surface area contributed by atoms with Crippen molar-refractivity contribution >= 4 is 18.4 Å². The van der Waals surface area contributed by atoms with Gasteiger partial charge in [0.1, 0.15) is 6.04 Å². The van der Waals surface area contributed by atoms with Gasteiger partial charge in [0.15, 0.2) is 0 Å². The summed E-state index contributed by atoms with van der Waals surface area (Å²) in [5.74, 6) is -0.465. The van der Waals surface area contributed by atoms with Crippen molar-refractivity contribution in [3.05, 3.63) is 12.4 Å². The van der Waals surface area contributed by atoms with E-state index in [2.05, 4.69) is 14.9 Å². The standard InChI is InChI=1S/C6H10N4O2.ClH/c1-12-6(11)5(7)4-10-8-2-3-9-10;/h2-3,5H,4,7H2,1H3;1H. The van der Waals surface area contributed by atoms with E-state index in [-0.39, 0.29) is 19.0 Å². The molecule has 0 saturated carbocycles. The van der Waals surface area contributed by atoms with Gasteiger partial charge in [-0.1, -0.05) is 0 Å². The molecular weight excluding hydrogens is 196 g/mol. The number of hydrogen-bond acceptors (Lipinski definition) is 5. The van der Waals surface area contributed by atoms with Gasteiger partial charge in [-0.05, 0) is 0 Å². The average molecular weight is 207 g/mol. The van der Waals surface area contributed by atoms with E-state index in [1.54, 1.807) is 0 Å². The van der Waals surface area contributed by atoms with Gasteiger partial charge in [0.05, 0.1) is 26.0 Å². The molecule has 1 aromatic rings. The Morgan fingerprint density at radius 1 is 1.62 bits per heavy atom. The van der Waals surface area contributed by atoms with Crippen LogP contribution in [0.4, 0.5) is 0 Å². The first-order chi connectivity index (χ1) is 5.74. The normalized spacial score (nSPS) is 11.5. The minimum absolute atomic E-state index is 0. The second-order valence-corrected chi connectivity index (χ2v) is 2.21. The number of carbonyl (C=O) groups excluding carboxylic acids is 1. The Bertz CT molecular complexity index is 251. The van der Waals surface area contributed by atoms with E-state index in [4.69, 9.17) is 5.73 Å². The first-order valence-corrected chi connectivity index (χ1v) is 3.41. The molecule has 74 valence electrons. The lowest BCUT2D eigenvalue weighted by Crippen LogP contribution is -2.36. The number of halogens is 1. The van der Waals surface area contributed by atoms with Gasteiger partial charge in [-0.15, -0.1) is 12.4 Å². The molecule has 6 nitrogen and oxygen atoms in total. The fraction of sp³-hybridized carbons (Fsp3) is 0.500. The maximum absolute atomic E-state index is 10.8. The second-order valence-electron chi connectivity index (χ2n) is 2.21. The summed E-state index contributed by atoms with van der Waals surface area (Å²) in [4.78, 5) is 12.2. The van der Waals surface area contributed by atoms with Crippen molar-refractivity contribution in [2.75, 3.05) is 7.11 Å². The monoisotopic (exact) mass is 206 g/mol. The number of hydrogen-bond donors (Lipinski definition) is 1. The number of nitrogens with zero attached hydrogens (tertiary/aromatic N) is 3. The van der Waals surface area contributed by atoms with Crippen LogP contribution in [0.25, 0.3) is 0 Å². The molecule has 1 aromatic heterocycles. The zero-order valence-electron chi connectivity index (χ0n) is 7.08. The van der Waals surface area contributed by atoms with Crippen molar-refractivity contribution in [1.29, 1.82) is 0 Å². The maximum Gasteiger partial charge on any atom is 0.324 e. The van der Waals surface area contributed by atoms with Crippen LogP contribution < -0.4 is 5.73 Å². The molecule has 0 fully saturated rings. The van der Waals surface area contributed by atoms with E-state index in [0.717, 1.165) is 0 Å². The summed E-state index contributed by atoms with van der Waals surface area (Å²) >= 11 is 0. The highest BCUT2D eigenvalue weighted by Crippen LogP contribution is 1.87. The van der Waals surface area contributed by atoms with Gasteiger partial charge < -0.3 is 10.5 Å².